The van der Waals surface area contributed by atoms with Gasteiger partial charge in [0.25, 0.3) is 0 Å². The van der Waals surface area contributed by atoms with Crippen LogP contribution in [0.5, 0.6) is 0 Å². The molecule has 0 radical (unpaired) electrons. The number of aryl methyl sites for hydroxylation is 2. The molecule has 0 saturated carbocycles. The first-order valence-electron chi connectivity index (χ1n) is 12.0. The Balaban J connectivity index is 0.000000239. The van der Waals surface area contributed by atoms with Crippen LogP contribution >= 0.6 is 24.8 Å². The number of benzene rings is 2. The fraction of sp³-hybridized carbons (Fsp3) is 0.0571. The van der Waals surface area contributed by atoms with Gasteiger partial charge in [-0.1, -0.05) is 110 Å². The van der Waals surface area contributed by atoms with Gasteiger partial charge in [-0.05, 0) is 11.1 Å². The van der Waals surface area contributed by atoms with Gasteiger partial charge in [-0.15, -0.1) is 83.5 Å². The summed E-state index contributed by atoms with van der Waals surface area (Å²) >= 11 is 1.75. The molecular weight excluding hydrogens is 539 g/mol. The molecule has 0 spiro atoms. The summed E-state index contributed by atoms with van der Waals surface area (Å²) in [6, 6.07) is 49.1. The molecule has 0 aromatic heterocycles. The Morgan fingerprint density at radius 1 is 0.447 bits per heavy atom. The summed E-state index contributed by atoms with van der Waals surface area (Å²) in [6.45, 7) is 4.18. The molecule has 0 heterocycles. The number of rotatable bonds is 2. The maximum atomic E-state index is 3.39. The average molecular weight is 569 g/mol. The van der Waals surface area contributed by atoms with Crippen molar-refractivity contribution in [3.05, 3.63) is 145 Å². The normalized spacial score (nSPS) is 9.68. The van der Waals surface area contributed by atoms with Crippen LogP contribution < -0.4 is 0 Å². The Bertz CT molecular complexity index is 1370. The molecule has 2 aromatic carbocycles. The van der Waals surface area contributed by atoms with Crippen molar-refractivity contribution in [3.63, 3.8) is 0 Å². The Labute approximate surface area is 251 Å². The van der Waals surface area contributed by atoms with Crippen LogP contribution in [0.4, 0.5) is 0 Å². The molecule has 4 aliphatic rings. The molecule has 0 nitrogen and oxygen atoms in total. The second-order valence-corrected chi connectivity index (χ2v) is 8.56. The molecule has 0 bridgehead atoms. The molecule has 0 amide bonds. The Hall–Kier alpha value is -3.00. The molecule has 3 heteroatoms. The van der Waals surface area contributed by atoms with Crippen molar-refractivity contribution in [1.82, 2.24) is 0 Å². The minimum absolute atomic E-state index is 0. The first-order chi connectivity index (χ1) is 17.7. The van der Waals surface area contributed by atoms with Gasteiger partial charge in [-0.3, -0.25) is 0 Å². The minimum atomic E-state index is 0. The molecule has 4 aliphatic carbocycles. The van der Waals surface area contributed by atoms with Crippen molar-refractivity contribution in [2.75, 3.05) is 0 Å². The van der Waals surface area contributed by atoms with Gasteiger partial charge in [-0.2, -0.15) is 23.3 Å². The van der Waals surface area contributed by atoms with Gasteiger partial charge in [0.2, 0.25) is 0 Å². The topological polar surface area (TPSA) is 0 Å². The van der Waals surface area contributed by atoms with E-state index in [9.17, 15) is 0 Å². The van der Waals surface area contributed by atoms with Crippen molar-refractivity contribution in [2.45, 2.75) is 13.8 Å². The van der Waals surface area contributed by atoms with E-state index < -0.39 is 0 Å². The van der Waals surface area contributed by atoms with Gasteiger partial charge in [-0.25, -0.2) is 0 Å². The van der Waals surface area contributed by atoms with Gasteiger partial charge < -0.3 is 0 Å². The molecule has 2 aromatic rings. The van der Waals surface area contributed by atoms with Crippen molar-refractivity contribution < 1.29 is 20.0 Å². The molecule has 0 unspecified atom stereocenters. The second-order valence-electron chi connectivity index (χ2n) is 8.56. The second kappa shape index (κ2) is 15.4. The zero-order valence-corrected chi connectivity index (χ0v) is 24.8. The van der Waals surface area contributed by atoms with Crippen LogP contribution in [0.1, 0.15) is 11.1 Å². The molecule has 0 aliphatic heterocycles. The van der Waals surface area contributed by atoms with Crippen LogP contribution in [-0.2, 0) is 20.0 Å². The summed E-state index contributed by atoms with van der Waals surface area (Å²) in [5.74, 6) is 0. The number of fused-ring (bicyclic) bond motifs is 2. The number of halogens is 2. The quantitative estimate of drug-likeness (QED) is 0.144. The fourth-order valence-corrected chi connectivity index (χ4v) is 4.45. The monoisotopic (exact) mass is 568 g/mol. The zero-order valence-electron chi connectivity index (χ0n) is 21.6. The molecule has 6 rings (SSSR count). The standard InChI is InChI=1S/2C17H13.CH2.2ClH.Ti/c2*1-13-11-15-9-5-6-10-16(17(15)12-13)14-7-3-2-4-8-14;;;;/h2*2-10,12H,1H3;1H2;2*1H;/q2*-1;;;;+2. The van der Waals surface area contributed by atoms with Gasteiger partial charge in [0.05, 0.1) is 0 Å². The van der Waals surface area contributed by atoms with E-state index >= 15 is 0 Å². The summed E-state index contributed by atoms with van der Waals surface area (Å²) in [5.41, 5.74) is 12.4. The first kappa shape index (κ1) is 31.2. The maximum absolute atomic E-state index is 3.39. The van der Waals surface area contributed by atoms with Crippen molar-refractivity contribution >= 4 is 29.6 Å². The average Bonchev–Trinajstić information content (AvgIpc) is 3.33. The summed E-state index contributed by atoms with van der Waals surface area (Å²) in [7, 11) is 0. The predicted molar refractivity (Wildman–Crippen MR) is 166 cm³/mol. The third-order valence-corrected chi connectivity index (χ3v) is 5.99. The molecule has 0 atom stereocenters. The number of hydrogen-bond donors (Lipinski definition) is 0. The molecular formula is C35H30Cl2Ti. The molecule has 0 N–H and O–H groups in total. The zero-order chi connectivity index (χ0) is 25.3. The van der Waals surface area contributed by atoms with Gasteiger partial charge in [0.1, 0.15) is 0 Å². The van der Waals surface area contributed by atoms with E-state index in [1.807, 2.05) is 12.1 Å². The van der Waals surface area contributed by atoms with Crippen molar-refractivity contribution in [3.8, 4) is 44.5 Å². The van der Waals surface area contributed by atoms with Crippen LogP contribution in [0.15, 0.2) is 121 Å². The third kappa shape index (κ3) is 7.53. The van der Waals surface area contributed by atoms with Gasteiger partial charge in [0, 0.05) is 0 Å². The van der Waals surface area contributed by atoms with E-state index in [-0.39, 0.29) is 24.8 Å². The third-order valence-electron chi connectivity index (χ3n) is 5.99. The molecule has 0 fully saturated rings. The Morgan fingerprint density at radius 2 is 0.763 bits per heavy atom. The number of hydrogen-bond acceptors (Lipinski definition) is 0. The van der Waals surface area contributed by atoms with Crippen LogP contribution in [0.25, 0.3) is 44.5 Å². The van der Waals surface area contributed by atoms with Crippen molar-refractivity contribution in [2.24, 2.45) is 0 Å². The Morgan fingerprint density at radius 3 is 1.13 bits per heavy atom. The summed E-state index contributed by atoms with van der Waals surface area (Å²) in [6.07, 6.45) is 0. The van der Waals surface area contributed by atoms with Crippen molar-refractivity contribution in [1.29, 1.82) is 0 Å². The molecule has 188 valence electrons. The molecule has 0 saturated heterocycles. The fourth-order valence-electron chi connectivity index (χ4n) is 4.45. The summed E-state index contributed by atoms with van der Waals surface area (Å²) in [5, 5.41) is 0. The van der Waals surface area contributed by atoms with E-state index in [1.54, 1.807) is 20.0 Å². The van der Waals surface area contributed by atoms with E-state index in [0.717, 1.165) is 0 Å². The van der Waals surface area contributed by atoms with E-state index in [0.29, 0.717) is 0 Å². The van der Waals surface area contributed by atoms with E-state index in [4.69, 9.17) is 0 Å². The van der Waals surface area contributed by atoms with Crippen LogP contribution in [0.2, 0.25) is 0 Å². The van der Waals surface area contributed by atoms with E-state index in [1.165, 1.54) is 55.6 Å². The van der Waals surface area contributed by atoms with Crippen LogP contribution in [0.3, 0.4) is 0 Å². The molecule has 38 heavy (non-hydrogen) atoms. The van der Waals surface area contributed by atoms with Crippen LogP contribution in [-0.4, -0.2) is 4.82 Å². The predicted octanol–water partition coefficient (Wildman–Crippen LogP) is 9.94. The Kier molecular flexibility index (Phi) is 12.7. The summed E-state index contributed by atoms with van der Waals surface area (Å²) < 4.78 is 0. The van der Waals surface area contributed by atoms with E-state index in [2.05, 4.69) is 140 Å². The first-order valence-corrected chi connectivity index (χ1v) is 13.1. The van der Waals surface area contributed by atoms with Gasteiger partial charge in [0.15, 0.2) is 0 Å². The summed E-state index contributed by atoms with van der Waals surface area (Å²) in [4.78, 5) is 3.25. The van der Waals surface area contributed by atoms with Gasteiger partial charge >= 0.3 is 24.8 Å². The SMILES string of the molecule is Cc1[c-]c2ccccc(-c3ccccc3)c-2c1.Cc1[c-]c2ccccc(-c3ccccc3)c-2c1.Cl.Cl.[CH2]=[Ti+2]. The van der Waals surface area contributed by atoms with Crippen LogP contribution in [0, 0.1) is 26.0 Å².